The molecule has 0 spiro atoms. The monoisotopic (exact) mass is 291 g/mol. The van der Waals surface area contributed by atoms with Crippen LogP contribution in [0.1, 0.15) is 30.1 Å². The third-order valence-electron chi connectivity index (χ3n) is 4.67. The van der Waals surface area contributed by atoms with Crippen molar-refractivity contribution in [2.45, 2.75) is 25.3 Å². The summed E-state index contributed by atoms with van der Waals surface area (Å²) in [6.45, 7) is 3.23. The molecule has 0 aliphatic carbocycles. The average Bonchev–Trinajstić information content (AvgIpc) is 2.98. The van der Waals surface area contributed by atoms with Crippen molar-refractivity contribution in [3.8, 4) is 0 Å². The fourth-order valence-electron chi connectivity index (χ4n) is 3.44. The Labute approximate surface area is 131 Å². The van der Waals surface area contributed by atoms with Gasteiger partial charge in [0.1, 0.15) is 5.82 Å². The minimum atomic E-state index is 0.716. The van der Waals surface area contributed by atoms with Gasteiger partial charge in [-0.05, 0) is 49.5 Å². The van der Waals surface area contributed by atoms with Crippen LogP contribution in [0.4, 0.5) is 0 Å². The molecule has 0 amide bonds. The third-order valence-corrected chi connectivity index (χ3v) is 4.67. The van der Waals surface area contributed by atoms with Gasteiger partial charge in [0.25, 0.3) is 0 Å². The maximum atomic E-state index is 4.69. The summed E-state index contributed by atoms with van der Waals surface area (Å²) in [4.78, 5) is 10.6. The Kier molecular flexibility index (Phi) is 3.65. The van der Waals surface area contributed by atoms with Crippen LogP contribution < -0.4 is 0 Å². The second kappa shape index (κ2) is 5.93. The number of rotatable bonds is 3. The molecule has 3 aromatic rings. The van der Waals surface area contributed by atoms with Gasteiger partial charge in [-0.15, -0.1) is 0 Å². The number of fused-ring (bicyclic) bond motifs is 1. The Morgan fingerprint density at radius 2 is 1.68 bits per heavy atom. The number of likely N-dealkylation sites (tertiary alicyclic amines) is 1. The number of benzene rings is 2. The second-order valence-corrected chi connectivity index (χ2v) is 6.16. The van der Waals surface area contributed by atoms with Gasteiger partial charge in [0.2, 0.25) is 0 Å². The van der Waals surface area contributed by atoms with E-state index in [1.807, 2.05) is 6.07 Å². The summed E-state index contributed by atoms with van der Waals surface area (Å²) in [7, 11) is 0. The quantitative estimate of drug-likeness (QED) is 0.792. The molecule has 2 aromatic carbocycles. The Hall–Kier alpha value is -2.13. The molecule has 22 heavy (non-hydrogen) atoms. The number of nitrogens with one attached hydrogen (secondary N) is 1. The fraction of sp³-hybridized carbons (Fsp3) is 0.316. The van der Waals surface area contributed by atoms with Crippen LogP contribution in [0.2, 0.25) is 0 Å². The van der Waals surface area contributed by atoms with E-state index in [4.69, 9.17) is 0 Å². The van der Waals surface area contributed by atoms with Gasteiger partial charge in [-0.25, -0.2) is 4.98 Å². The second-order valence-electron chi connectivity index (χ2n) is 6.16. The van der Waals surface area contributed by atoms with Crippen LogP contribution in [0.25, 0.3) is 11.0 Å². The highest BCUT2D eigenvalue weighted by molar-refractivity contribution is 5.74. The van der Waals surface area contributed by atoms with E-state index in [1.165, 1.54) is 18.4 Å². The van der Waals surface area contributed by atoms with E-state index in [2.05, 4.69) is 63.4 Å². The van der Waals surface area contributed by atoms with Crippen molar-refractivity contribution in [3.05, 3.63) is 66.0 Å². The van der Waals surface area contributed by atoms with Crippen molar-refractivity contribution < 1.29 is 0 Å². The Morgan fingerprint density at radius 1 is 0.955 bits per heavy atom. The van der Waals surface area contributed by atoms with E-state index in [1.54, 1.807) is 0 Å². The average molecular weight is 291 g/mol. The Balaban J connectivity index is 1.39. The Bertz CT molecular complexity index is 706. The molecule has 1 saturated heterocycles. The molecule has 1 aromatic heterocycles. The predicted molar refractivity (Wildman–Crippen MR) is 89.8 cm³/mol. The third kappa shape index (κ3) is 2.77. The van der Waals surface area contributed by atoms with Crippen LogP contribution in [0.15, 0.2) is 54.6 Å². The minimum Gasteiger partial charge on any atom is -0.341 e. The lowest BCUT2D eigenvalue weighted by Gasteiger charge is -2.31. The van der Waals surface area contributed by atoms with Gasteiger partial charge in [0.15, 0.2) is 0 Å². The summed E-state index contributed by atoms with van der Waals surface area (Å²) in [5.41, 5.74) is 3.69. The molecule has 112 valence electrons. The largest absolute Gasteiger partial charge is 0.341 e. The van der Waals surface area contributed by atoms with Gasteiger partial charge < -0.3 is 4.98 Å². The van der Waals surface area contributed by atoms with E-state index >= 15 is 0 Å². The number of hydrogen-bond donors (Lipinski definition) is 1. The zero-order chi connectivity index (χ0) is 14.8. The van der Waals surface area contributed by atoms with Crippen LogP contribution in [-0.4, -0.2) is 28.0 Å². The van der Waals surface area contributed by atoms with Gasteiger partial charge in [0.05, 0.1) is 17.6 Å². The first kappa shape index (κ1) is 13.5. The van der Waals surface area contributed by atoms with Crippen LogP contribution in [0.3, 0.4) is 0 Å². The van der Waals surface area contributed by atoms with Gasteiger partial charge in [-0.1, -0.05) is 42.5 Å². The summed E-state index contributed by atoms with van der Waals surface area (Å²) in [6.07, 6.45) is 2.48. The number of H-pyrrole nitrogens is 1. The summed E-state index contributed by atoms with van der Waals surface area (Å²) in [5, 5.41) is 0. The van der Waals surface area contributed by atoms with Gasteiger partial charge in [0, 0.05) is 0 Å². The molecular weight excluding hydrogens is 270 g/mol. The van der Waals surface area contributed by atoms with Crippen molar-refractivity contribution in [1.29, 1.82) is 0 Å². The molecule has 3 heteroatoms. The molecule has 0 saturated carbocycles. The first-order chi connectivity index (χ1) is 10.9. The van der Waals surface area contributed by atoms with E-state index in [-0.39, 0.29) is 0 Å². The Morgan fingerprint density at radius 3 is 2.45 bits per heavy atom. The van der Waals surface area contributed by atoms with Gasteiger partial charge >= 0.3 is 0 Å². The standard InChI is InChI=1S/C19H21N3/c1-2-6-15(7-3-1)16-10-12-22(13-11-16)14-19-20-17-8-4-5-9-18(17)21-19/h1-9,16H,10-14H2,(H,20,21). The molecular formula is C19H21N3. The molecule has 2 heterocycles. The highest BCUT2D eigenvalue weighted by Gasteiger charge is 2.21. The fourth-order valence-corrected chi connectivity index (χ4v) is 3.44. The first-order valence-electron chi connectivity index (χ1n) is 8.09. The number of aromatic amines is 1. The normalized spacial score (nSPS) is 17.1. The van der Waals surface area contributed by atoms with E-state index in [9.17, 15) is 0 Å². The first-order valence-corrected chi connectivity index (χ1v) is 8.09. The maximum Gasteiger partial charge on any atom is 0.121 e. The molecule has 1 fully saturated rings. The summed E-state index contributed by atoms with van der Waals surface area (Å²) >= 11 is 0. The molecule has 1 aliphatic heterocycles. The van der Waals surface area contributed by atoms with Crippen molar-refractivity contribution in [2.75, 3.05) is 13.1 Å². The molecule has 4 rings (SSSR count). The van der Waals surface area contributed by atoms with Crippen LogP contribution in [-0.2, 0) is 6.54 Å². The molecule has 0 unspecified atom stereocenters. The number of imidazole rings is 1. The van der Waals surface area contributed by atoms with E-state index < -0.39 is 0 Å². The molecule has 3 nitrogen and oxygen atoms in total. The number of piperidine rings is 1. The van der Waals surface area contributed by atoms with E-state index in [0.29, 0.717) is 5.92 Å². The highest BCUT2D eigenvalue weighted by Crippen LogP contribution is 2.28. The summed E-state index contributed by atoms with van der Waals surface area (Å²) < 4.78 is 0. The SMILES string of the molecule is c1ccc(C2CCN(Cc3nc4ccccc4[nH]3)CC2)cc1. The zero-order valence-electron chi connectivity index (χ0n) is 12.7. The van der Waals surface area contributed by atoms with Gasteiger partial charge in [-0.3, -0.25) is 4.90 Å². The zero-order valence-corrected chi connectivity index (χ0v) is 12.7. The number of para-hydroxylation sites is 2. The molecule has 1 aliphatic rings. The summed E-state index contributed by atoms with van der Waals surface area (Å²) in [5.74, 6) is 1.80. The van der Waals surface area contributed by atoms with Crippen LogP contribution in [0.5, 0.6) is 0 Å². The topological polar surface area (TPSA) is 31.9 Å². The lowest BCUT2D eigenvalue weighted by atomic mass is 9.89. The molecule has 0 bridgehead atoms. The number of hydrogen-bond acceptors (Lipinski definition) is 2. The smallest absolute Gasteiger partial charge is 0.121 e. The van der Waals surface area contributed by atoms with Crippen molar-refractivity contribution >= 4 is 11.0 Å². The number of nitrogens with zero attached hydrogens (tertiary/aromatic N) is 2. The predicted octanol–water partition coefficient (Wildman–Crippen LogP) is 3.94. The number of aromatic nitrogens is 2. The van der Waals surface area contributed by atoms with E-state index in [0.717, 1.165) is 36.5 Å². The van der Waals surface area contributed by atoms with Gasteiger partial charge in [-0.2, -0.15) is 0 Å². The van der Waals surface area contributed by atoms with Crippen LogP contribution >= 0.6 is 0 Å². The van der Waals surface area contributed by atoms with Crippen molar-refractivity contribution in [1.82, 2.24) is 14.9 Å². The molecule has 0 radical (unpaired) electrons. The minimum absolute atomic E-state index is 0.716. The molecule has 0 atom stereocenters. The van der Waals surface area contributed by atoms with Crippen molar-refractivity contribution in [3.63, 3.8) is 0 Å². The molecule has 1 N–H and O–H groups in total. The van der Waals surface area contributed by atoms with Crippen LogP contribution in [0, 0.1) is 0 Å². The highest BCUT2D eigenvalue weighted by atomic mass is 15.2. The summed E-state index contributed by atoms with van der Waals surface area (Å²) in [6, 6.07) is 19.2. The maximum absolute atomic E-state index is 4.69. The van der Waals surface area contributed by atoms with Crippen molar-refractivity contribution in [2.24, 2.45) is 0 Å². The lowest BCUT2D eigenvalue weighted by molar-refractivity contribution is 0.201. The lowest BCUT2D eigenvalue weighted by Crippen LogP contribution is -2.32.